The van der Waals surface area contributed by atoms with Gasteiger partial charge in [0.1, 0.15) is 5.82 Å². The molecule has 0 radical (unpaired) electrons. The Labute approximate surface area is 123 Å². The van der Waals surface area contributed by atoms with Gasteiger partial charge in [-0.1, -0.05) is 26.7 Å². The molecule has 0 spiro atoms. The number of nitrogens with zero attached hydrogens (tertiary/aromatic N) is 2. The predicted octanol–water partition coefficient (Wildman–Crippen LogP) is 3.38. The first kappa shape index (κ1) is 15.3. The van der Waals surface area contributed by atoms with Gasteiger partial charge < -0.3 is 10.2 Å². The fourth-order valence-corrected chi connectivity index (χ4v) is 3.06. The van der Waals surface area contributed by atoms with Crippen molar-refractivity contribution in [2.75, 3.05) is 25.0 Å². The van der Waals surface area contributed by atoms with Crippen molar-refractivity contribution in [2.24, 2.45) is 5.92 Å². The molecule has 3 nitrogen and oxygen atoms in total. The Morgan fingerprint density at radius 1 is 1.25 bits per heavy atom. The molecule has 0 aliphatic heterocycles. The van der Waals surface area contributed by atoms with Gasteiger partial charge in [0.15, 0.2) is 0 Å². The lowest BCUT2D eigenvalue weighted by atomic mass is 10.1. The van der Waals surface area contributed by atoms with E-state index in [0.29, 0.717) is 0 Å². The lowest BCUT2D eigenvalue weighted by molar-refractivity contribution is 0.544. The molecule has 2 rings (SSSR count). The first-order chi connectivity index (χ1) is 9.72. The Morgan fingerprint density at radius 2 is 2.00 bits per heavy atom. The van der Waals surface area contributed by atoms with Crippen molar-refractivity contribution >= 4 is 5.82 Å². The fraction of sp³-hybridized carbons (Fsp3) is 0.706. The summed E-state index contributed by atoms with van der Waals surface area (Å²) in [7, 11) is 2.19. The summed E-state index contributed by atoms with van der Waals surface area (Å²) in [5.41, 5.74) is 2.56. The van der Waals surface area contributed by atoms with Gasteiger partial charge in [-0.15, -0.1) is 0 Å². The molecule has 0 aromatic carbocycles. The summed E-state index contributed by atoms with van der Waals surface area (Å²) >= 11 is 0. The van der Waals surface area contributed by atoms with E-state index in [1.807, 2.05) is 0 Å². The smallest absolute Gasteiger partial charge is 0.128 e. The van der Waals surface area contributed by atoms with E-state index in [1.54, 1.807) is 0 Å². The zero-order valence-corrected chi connectivity index (χ0v) is 13.3. The van der Waals surface area contributed by atoms with Crippen molar-refractivity contribution in [3.8, 4) is 0 Å². The second-order valence-corrected chi connectivity index (χ2v) is 5.99. The van der Waals surface area contributed by atoms with Crippen molar-refractivity contribution in [3.05, 3.63) is 23.4 Å². The molecule has 1 saturated carbocycles. The van der Waals surface area contributed by atoms with Crippen LogP contribution >= 0.6 is 0 Å². The standard InChI is InChI=1S/C17H29N3/c1-4-16-10-15(12-18-5-2)11-17(19-16)20(3)13-14-8-6-7-9-14/h10-11,14,18H,4-9,12-13H2,1-3H3. The van der Waals surface area contributed by atoms with Crippen molar-refractivity contribution in [1.29, 1.82) is 0 Å². The van der Waals surface area contributed by atoms with Crippen molar-refractivity contribution in [3.63, 3.8) is 0 Å². The van der Waals surface area contributed by atoms with E-state index in [-0.39, 0.29) is 0 Å². The first-order valence-electron chi connectivity index (χ1n) is 8.14. The molecule has 0 unspecified atom stereocenters. The number of aryl methyl sites for hydroxylation is 1. The molecule has 1 aromatic rings. The zero-order chi connectivity index (χ0) is 14.4. The van der Waals surface area contributed by atoms with Crippen molar-refractivity contribution in [2.45, 2.75) is 52.5 Å². The summed E-state index contributed by atoms with van der Waals surface area (Å²) in [5.74, 6) is 2.01. The van der Waals surface area contributed by atoms with E-state index in [1.165, 1.54) is 36.9 Å². The minimum atomic E-state index is 0.865. The normalized spacial score (nSPS) is 15.8. The maximum absolute atomic E-state index is 4.80. The Bertz CT molecular complexity index is 411. The molecule has 112 valence electrons. The van der Waals surface area contributed by atoms with Crippen LogP contribution in [0.5, 0.6) is 0 Å². The Morgan fingerprint density at radius 3 is 2.65 bits per heavy atom. The number of rotatable bonds is 7. The summed E-state index contributed by atoms with van der Waals surface area (Å²) in [5, 5.41) is 3.41. The van der Waals surface area contributed by atoms with Gasteiger partial charge in [-0.25, -0.2) is 4.98 Å². The van der Waals surface area contributed by atoms with Gasteiger partial charge in [-0.05, 0) is 49.4 Å². The molecule has 1 N–H and O–H groups in total. The molecule has 1 aliphatic carbocycles. The van der Waals surface area contributed by atoms with E-state index < -0.39 is 0 Å². The Balaban J connectivity index is 2.07. The zero-order valence-electron chi connectivity index (χ0n) is 13.3. The topological polar surface area (TPSA) is 28.2 Å². The van der Waals surface area contributed by atoms with E-state index >= 15 is 0 Å². The highest BCUT2D eigenvalue weighted by Crippen LogP contribution is 2.26. The number of nitrogens with one attached hydrogen (secondary N) is 1. The first-order valence-corrected chi connectivity index (χ1v) is 8.14. The van der Waals surface area contributed by atoms with Crippen LogP contribution in [0, 0.1) is 5.92 Å². The quantitative estimate of drug-likeness (QED) is 0.827. The monoisotopic (exact) mass is 275 g/mol. The van der Waals surface area contributed by atoms with Crippen LogP contribution in [-0.2, 0) is 13.0 Å². The van der Waals surface area contributed by atoms with E-state index in [9.17, 15) is 0 Å². The summed E-state index contributed by atoms with van der Waals surface area (Å²) in [6.45, 7) is 7.43. The number of pyridine rings is 1. The number of anilines is 1. The Kier molecular flexibility index (Phi) is 5.84. The molecule has 0 amide bonds. The third-order valence-electron chi connectivity index (χ3n) is 4.26. The van der Waals surface area contributed by atoms with Crippen LogP contribution in [0.2, 0.25) is 0 Å². The molecule has 0 bridgehead atoms. The maximum atomic E-state index is 4.80. The maximum Gasteiger partial charge on any atom is 0.128 e. The average molecular weight is 275 g/mol. The molecule has 0 saturated heterocycles. The van der Waals surface area contributed by atoms with Crippen LogP contribution in [-0.4, -0.2) is 25.1 Å². The van der Waals surface area contributed by atoms with Gasteiger partial charge in [0.05, 0.1) is 0 Å². The molecule has 1 heterocycles. The largest absolute Gasteiger partial charge is 0.359 e. The van der Waals surface area contributed by atoms with E-state index in [4.69, 9.17) is 4.98 Å². The van der Waals surface area contributed by atoms with Gasteiger partial charge in [0.2, 0.25) is 0 Å². The third kappa shape index (κ3) is 4.20. The molecular weight excluding hydrogens is 246 g/mol. The van der Waals surface area contributed by atoms with Crippen LogP contribution in [0.1, 0.15) is 50.8 Å². The van der Waals surface area contributed by atoms with Gasteiger partial charge in [0, 0.05) is 25.8 Å². The molecular formula is C17H29N3. The van der Waals surface area contributed by atoms with Crippen molar-refractivity contribution < 1.29 is 0 Å². The summed E-state index contributed by atoms with van der Waals surface area (Å²) in [6.07, 6.45) is 6.60. The van der Waals surface area contributed by atoms with Gasteiger partial charge >= 0.3 is 0 Å². The lowest BCUT2D eigenvalue weighted by Gasteiger charge is -2.23. The molecule has 3 heteroatoms. The highest BCUT2D eigenvalue weighted by atomic mass is 15.2. The number of aromatic nitrogens is 1. The van der Waals surface area contributed by atoms with Gasteiger partial charge in [-0.3, -0.25) is 0 Å². The van der Waals surface area contributed by atoms with Gasteiger partial charge in [-0.2, -0.15) is 0 Å². The van der Waals surface area contributed by atoms with E-state index in [2.05, 4.69) is 43.2 Å². The predicted molar refractivity (Wildman–Crippen MR) is 86.2 cm³/mol. The van der Waals surface area contributed by atoms with Crippen LogP contribution in [0.15, 0.2) is 12.1 Å². The number of hydrogen-bond acceptors (Lipinski definition) is 3. The highest BCUT2D eigenvalue weighted by molar-refractivity contribution is 5.42. The lowest BCUT2D eigenvalue weighted by Crippen LogP contribution is -2.25. The van der Waals surface area contributed by atoms with Crippen LogP contribution in [0.3, 0.4) is 0 Å². The minimum absolute atomic E-state index is 0.865. The second-order valence-electron chi connectivity index (χ2n) is 5.99. The SMILES string of the molecule is CCNCc1cc(CC)nc(N(C)CC2CCCC2)c1. The summed E-state index contributed by atoms with van der Waals surface area (Å²) in [4.78, 5) is 7.15. The average Bonchev–Trinajstić information content (AvgIpc) is 2.97. The molecule has 1 aromatic heterocycles. The van der Waals surface area contributed by atoms with E-state index in [0.717, 1.165) is 37.8 Å². The fourth-order valence-electron chi connectivity index (χ4n) is 3.06. The molecule has 0 atom stereocenters. The Hall–Kier alpha value is -1.09. The highest BCUT2D eigenvalue weighted by Gasteiger charge is 2.17. The molecule has 1 aliphatic rings. The van der Waals surface area contributed by atoms with Gasteiger partial charge in [0.25, 0.3) is 0 Å². The van der Waals surface area contributed by atoms with Crippen molar-refractivity contribution in [1.82, 2.24) is 10.3 Å². The third-order valence-corrected chi connectivity index (χ3v) is 4.26. The second kappa shape index (κ2) is 7.63. The summed E-state index contributed by atoms with van der Waals surface area (Å²) < 4.78 is 0. The number of hydrogen-bond donors (Lipinski definition) is 1. The molecule has 1 fully saturated rings. The van der Waals surface area contributed by atoms with Crippen LogP contribution in [0.4, 0.5) is 5.82 Å². The summed E-state index contributed by atoms with van der Waals surface area (Å²) in [6, 6.07) is 4.48. The van der Waals surface area contributed by atoms with Crippen LogP contribution in [0.25, 0.3) is 0 Å². The molecule has 20 heavy (non-hydrogen) atoms. The minimum Gasteiger partial charge on any atom is -0.359 e. The van der Waals surface area contributed by atoms with Crippen LogP contribution < -0.4 is 10.2 Å².